The van der Waals surface area contributed by atoms with Crippen LogP contribution in [0.25, 0.3) is 0 Å². The quantitative estimate of drug-likeness (QED) is 0.706. The normalized spacial score (nSPS) is 30.8. The van der Waals surface area contributed by atoms with Crippen LogP contribution >= 0.6 is 0 Å². The molecule has 0 aromatic carbocycles. The van der Waals surface area contributed by atoms with Gasteiger partial charge in [-0.2, -0.15) is 0 Å². The van der Waals surface area contributed by atoms with Crippen LogP contribution in [0.4, 0.5) is 0 Å². The molecule has 3 nitrogen and oxygen atoms in total. The maximum atomic E-state index is 11.5. The van der Waals surface area contributed by atoms with Crippen LogP contribution in [-0.2, 0) is 9.53 Å². The number of allylic oxidation sites excluding steroid dienone is 1. The third kappa shape index (κ3) is 4.45. The molecule has 2 fully saturated rings. The first-order chi connectivity index (χ1) is 8.79. The van der Waals surface area contributed by atoms with E-state index in [-0.39, 0.29) is 5.91 Å². The topological polar surface area (TPSA) is 38.3 Å². The van der Waals surface area contributed by atoms with Crippen molar-refractivity contribution in [1.29, 1.82) is 0 Å². The largest absolute Gasteiger partial charge is 0.381 e. The first-order valence-corrected chi connectivity index (χ1v) is 7.31. The fraction of sp³-hybridized carbons (Fsp3) is 0.800. The molecule has 0 radical (unpaired) electrons. The molecule has 18 heavy (non-hydrogen) atoms. The summed E-state index contributed by atoms with van der Waals surface area (Å²) in [6.07, 6.45) is 9.80. The molecule has 1 aliphatic carbocycles. The highest BCUT2D eigenvalue weighted by molar-refractivity contribution is 5.87. The van der Waals surface area contributed by atoms with Crippen molar-refractivity contribution >= 4 is 5.91 Å². The van der Waals surface area contributed by atoms with Crippen LogP contribution in [0.3, 0.4) is 0 Å². The highest BCUT2D eigenvalue weighted by Gasteiger charge is 2.33. The second kappa shape index (κ2) is 6.93. The van der Waals surface area contributed by atoms with E-state index in [4.69, 9.17) is 4.74 Å². The molecule has 0 spiro atoms. The minimum Gasteiger partial charge on any atom is -0.381 e. The molecule has 1 aliphatic heterocycles. The van der Waals surface area contributed by atoms with Gasteiger partial charge in [0.25, 0.3) is 0 Å². The Kier molecular flexibility index (Phi) is 5.24. The second-order valence-electron chi connectivity index (χ2n) is 5.62. The van der Waals surface area contributed by atoms with Crippen LogP contribution < -0.4 is 5.32 Å². The third-order valence-electron chi connectivity index (χ3n) is 4.16. The van der Waals surface area contributed by atoms with E-state index >= 15 is 0 Å². The van der Waals surface area contributed by atoms with E-state index in [9.17, 15) is 4.79 Å². The van der Waals surface area contributed by atoms with Crippen molar-refractivity contribution in [3.63, 3.8) is 0 Å². The molecule has 0 aromatic heterocycles. The Balaban J connectivity index is 1.50. The number of hydrogen-bond donors (Lipinski definition) is 1. The van der Waals surface area contributed by atoms with Crippen molar-refractivity contribution in [2.75, 3.05) is 19.8 Å². The van der Waals surface area contributed by atoms with E-state index in [1.54, 1.807) is 6.08 Å². The summed E-state index contributed by atoms with van der Waals surface area (Å²) in [5, 5.41) is 2.94. The van der Waals surface area contributed by atoms with Crippen LogP contribution in [0.1, 0.15) is 39.0 Å². The van der Waals surface area contributed by atoms with Crippen molar-refractivity contribution in [2.24, 2.45) is 17.8 Å². The van der Waals surface area contributed by atoms with Crippen molar-refractivity contribution in [2.45, 2.75) is 39.0 Å². The molecule has 1 heterocycles. The van der Waals surface area contributed by atoms with Gasteiger partial charge in [0, 0.05) is 19.1 Å². The van der Waals surface area contributed by atoms with Crippen molar-refractivity contribution in [3.05, 3.63) is 12.2 Å². The minimum absolute atomic E-state index is 0.0461. The minimum atomic E-state index is 0.0461. The summed E-state index contributed by atoms with van der Waals surface area (Å²) in [6, 6.07) is 0. The van der Waals surface area contributed by atoms with Crippen LogP contribution in [0.15, 0.2) is 12.2 Å². The van der Waals surface area contributed by atoms with E-state index in [0.29, 0.717) is 5.92 Å². The lowest BCUT2D eigenvalue weighted by Gasteiger charge is -2.07. The lowest BCUT2D eigenvalue weighted by atomic mass is 10.1. The van der Waals surface area contributed by atoms with Crippen molar-refractivity contribution < 1.29 is 9.53 Å². The average Bonchev–Trinajstić information content (AvgIpc) is 2.93. The Labute approximate surface area is 110 Å². The fourth-order valence-corrected chi connectivity index (χ4v) is 2.71. The number of rotatable bonds is 7. The first-order valence-electron chi connectivity index (χ1n) is 7.31. The fourth-order valence-electron chi connectivity index (χ4n) is 2.71. The van der Waals surface area contributed by atoms with Crippen LogP contribution in [0.5, 0.6) is 0 Å². The number of amides is 1. The predicted molar refractivity (Wildman–Crippen MR) is 72.2 cm³/mol. The molecule has 2 aliphatic rings. The van der Waals surface area contributed by atoms with Crippen molar-refractivity contribution in [3.8, 4) is 0 Å². The Morgan fingerprint density at radius 1 is 1.44 bits per heavy atom. The van der Waals surface area contributed by atoms with Gasteiger partial charge in [-0.15, -0.1) is 0 Å². The smallest absolute Gasteiger partial charge is 0.243 e. The SMILES string of the molecule is CCC1CC1CCC=CC(=O)NCC1CCOC1. The summed E-state index contributed by atoms with van der Waals surface area (Å²) >= 11 is 0. The molecule has 1 saturated heterocycles. The summed E-state index contributed by atoms with van der Waals surface area (Å²) < 4.78 is 5.27. The summed E-state index contributed by atoms with van der Waals surface area (Å²) in [4.78, 5) is 11.5. The Morgan fingerprint density at radius 3 is 3.00 bits per heavy atom. The maximum absolute atomic E-state index is 11.5. The van der Waals surface area contributed by atoms with E-state index in [1.165, 1.54) is 19.3 Å². The van der Waals surface area contributed by atoms with E-state index in [1.807, 2.05) is 6.08 Å². The van der Waals surface area contributed by atoms with Crippen LogP contribution in [0, 0.1) is 17.8 Å². The molecule has 1 amide bonds. The molecule has 1 N–H and O–H groups in total. The number of hydrogen-bond acceptors (Lipinski definition) is 2. The Bertz CT molecular complexity index is 295. The molecule has 1 saturated carbocycles. The molecule has 3 atom stereocenters. The number of ether oxygens (including phenoxy) is 1. The highest BCUT2D eigenvalue weighted by atomic mass is 16.5. The van der Waals surface area contributed by atoms with Crippen LogP contribution in [0.2, 0.25) is 0 Å². The van der Waals surface area contributed by atoms with Gasteiger partial charge in [0.15, 0.2) is 0 Å². The summed E-state index contributed by atoms with van der Waals surface area (Å²) in [6.45, 7) is 4.66. The molecule has 0 bridgehead atoms. The van der Waals surface area contributed by atoms with Gasteiger partial charge in [0.1, 0.15) is 0 Å². The monoisotopic (exact) mass is 251 g/mol. The lowest BCUT2D eigenvalue weighted by molar-refractivity contribution is -0.116. The van der Waals surface area contributed by atoms with Gasteiger partial charge >= 0.3 is 0 Å². The third-order valence-corrected chi connectivity index (χ3v) is 4.16. The summed E-state index contributed by atoms with van der Waals surface area (Å²) in [5.74, 6) is 2.46. The second-order valence-corrected chi connectivity index (χ2v) is 5.62. The summed E-state index contributed by atoms with van der Waals surface area (Å²) in [7, 11) is 0. The molecular weight excluding hydrogens is 226 g/mol. The maximum Gasteiger partial charge on any atom is 0.243 e. The molecule has 3 unspecified atom stereocenters. The lowest BCUT2D eigenvalue weighted by Crippen LogP contribution is -2.27. The number of carbonyl (C=O) groups excluding carboxylic acids is 1. The number of nitrogens with one attached hydrogen (secondary N) is 1. The van der Waals surface area contributed by atoms with Crippen molar-refractivity contribution in [1.82, 2.24) is 5.32 Å². The standard InChI is InChI=1S/C15H25NO2/c1-2-13-9-14(13)5-3-4-6-15(17)16-10-12-7-8-18-11-12/h4,6,12-14H,2-3,5,7-11H2,1H3,(H,16,17). The van der Waals surface area contributed by atoms with E-state index in [2.05, 4.69) is 12.2 Å². The average molecular weight is 251 g/mol. The molecule has 3 heteroatoms. The zero-order chi connectivity index (χ0) is 12.8. The van der Waals surface area contributed by atoms with E-state index < -0.39 is 0 Å². The zero-order valence-corrected chi connectivity index (χ0v) is 11.4. The molecular formula is C15H25NO2. The van der Waals surface area contributed by atoms with Crippen LogP contribution in [-0.4, -0.2) is 25.7 Å². The van der Waals surface area contributed by atoms with Gasteiger partial charge in [-0.05, 0) is 43.6 Å². The van der Waals surface area contributed by atoms with Gasteiger partial charge in [-0.3, -0.25) is 4.79 Å². The highest BCUT2D eigenvalue weighted by Crippen LogP contribution is 2.44. The molecule has 0 aromatic rings. The number of carbonyl (C=O) groups is 1. The predicted octanol–water partition coefficient (Wildman–Crippen LogP) is 2.52. The Hall–Kier alpha value is -0.830. The zero-order valence-electron chi connectivity index (χ0n) is 11.4. The van der Waals surface area contributed by atoms with E-state index in [0.717, 1.165) is 44.4 Å². The van der Waals surface area contributed by atoms with Gasteiger partial charge in [-0.1, -0.05) is 19.4 Å². The first kappa shape index (κ1) is 13.6. The molecule has 102 valence electrons. The van der Waals surface area contributed by atoms with Gasteiger partial charge < -0.3 is 10.1 Å². The Morgan fingerprint density at radius 2 is 2.33 bits per heavy atom. The molecule has 2 rings (SSSR count). The van der Waals surface area contributed by atoms with Gasteiger partial charge in [-0.25, -0.2) is 0 Å². The van der Waals surface area contributed by atoms with Gasteiger partial charge in [0.05, 0.1) is 6.61 Å². The summed E-state index contributed by atoms with van der Waals surface area (Å²) in [5.41, 5.74) is 0. The van der Waals surface area contributed by atoms with Gasteiger partial charge in [0.2, 0.25) is 5.91 Å².